The Hall–Kier alpha value is -0.610. The smallest absolute Gasteiger partial charge is 0.227 e. The summed E-state index contributed by atoms with van der Waals surface area (Å²) in [4.78, 5) is 16.6. The van der Waals surface area contributed by atoms with Crippen LogP contribution in [0.3, 0.4) is 0 Å². The van der Waals surface area contributed by atoms with Crippen LogP contribution in [0.2, 0.25) is 0 Å². The number of nitrogens with zero attached hydrogens (tertiary/aromatic N) is 2. The summed E-state index contributed by atoms with van der Waals surface area (Å²) in [5, 5.41) is 0. The predicted octanol–water partition coefficient (Wildman–Crippen LogP) is 0.577. The lowest BCUT2D eigenvalue weighted by Crippen LogP contribution is -2.44. The van der Waals surface area contributed by atoms with Gasteiger partial charge in [0.15, 0.2) is 0 Å². The third kappa shape index (κ3) is 2.74. The lowest BCUT2D eigenvalue weighted by molar-refractivity contribution is -0.139. The van der Waals surface area contributed by atoms with Gasteiger partial charge < -0.3 is 14.5 Å². The van der Waals surface area contributed by atoms with E-state index >= 15 is 0 Å². The fraction of sp³-hybridized carbons (Fsp3) is 0.917. The highest BCUT2D eigenvalue weighted by atomic mass is 16.5. The van der Waals surface area contributed by atoms with Crippen molar-refractivity contribution in [2.45, 2.75) is 19.8 Å². The molecule has 2 rings (SSSR count). The number of morpholine rings is 1. The van der Waals surface area contributed by atoms with Gasteiger partial charge >= 0.3 is 0 Å². The highest BCUT2D eigenvalue weighted by molar-refractivity contribution is 5.79. The average Bonchev–Trinajstić information content (AvgIpc) is 2.78. The summed E-state index contributed by atoms with van der Waals surface area (Å²) >= 11 is 0. The standard InChI is InChI=1S/C12H22N2O2/c1-2-4-13-5-3-11(10-13)12(15)14-6-8-16-9-7-14/h11H,2-10H2,1H3. The van der Waals surface area contributed by atoms with Crippen molar-refractivity contribution in [3.8, 4) is 0 Å². The Bertz CT molecular complexity index is 239. The molecule has 2 fully saturated rings. The summed E-state index contributed by atoms with van der Waals surface area (Å²) in [6.07, 6.45) is 2.22. The lowest BCUT2D eigenvalue weighted by Gasteiger charge is -2.29. The highest BCUT2D eigenvalue weighted by Gasteiger charge is 2.31. The zero-order chi connectivity index (χ0) is 11.4. The van der Waals surface area contributed by atoms with Crippen LogP contribution < -0.4 is 0 Å². The molecule has 92 valence electrons. The fourth-order valence-corrected chi connectivity index (χ4v) is 2.60. The zero-order valence-corrected chi connectivity index (χ0v) is 10.2. The molecule has 1 amide bonds. The van der Waals surface area contributed by atoms with Crippen LogP contribution in [0.1, 0.15) is 19.8 Å². The summed E-state index contributed by atoms with van der Waals surface area (Å²) in [7, 11) is 0. The van der Waals surface area contributed by atoms with E-state index in [0.717, 1.165) is 39.1 Å². The zero-order valence-electron chi connectivity index (χ0n) is 10.2. The van der Waals surface area contributed by atoms with E-state index < -0.39 is 0 Å². The van der Waals surface area contributed by atoms with Crippen LogP contribution in [-0.2, 0) is 9.53 Å². The average molecular weight is 226 g/mol. The highest BCUT2D eigenvalue weighted by Crippen LogP contribution is 2.19. The molecule has 0 aromatic rings. The van der Waals surface area contributed by atoms with Crippen molar-refractivity contribution in [1.82, 2.24) is 9.80 Å². The fourth-order valence-electron chi connectivity index (χ4n) is 2.60. The quantitative estimate of drug-likeness (QED) is 0.705. The molecule has 2 aliphatic heterocycles. The first-order chi connectivity index (χ1) is 7.81. The minimum Gasteiger partial charge on any atom is -0.378 e. The molecular weight excluding hydrogens is 204 g/mol. The Morgan fingerprint density at radius 3 is 2.75 bits per heavy atom. The first-order valence-corrected chi connectivity index (χ1v) is 6.40. The number of hydrogen-bond acceptors (Lipinski definition) is 3. The summed E-state index contributed by atoms with van der Waals surface area (Å²) in [5.41, 5.74) is 0. The van der Waals surface area contributed by atoms with E-state index in [1.54, 1.807) is 0 Å². The van der Waals surface area contributed by atoms with Crippen LogP contribution in [0.4, 0.5) is 0 Å². The SMILES string of the molecule is CCCN1CCC(C(=O)N2CCOCC2)C1. The summed E-state index contributed by atoms with van der Waals surface area (Å²) < 4.78 is 5.27. The normalized spacial score (nSPS) is 27.3. The Kier molecular flexibility index (Phi) is 4.18. The van der Waals surface area contributed by atoms with E-state index in [0.29, 0.717) is 19.1 Å². The van der Waals surface area contributed by atoms with Gasteiger partial charge in [0.1, 0.15) is 0 Å². The van der Waals surface area contributed by atoms with Crippen LogP contribution in [0.25, 0.3) is 0 Å². The second kappa shape index (κ2) is 5.64. The molecule has 0 aliphatic carbocycles. The Morgan fingerprint density at radius 1 is 1.31 bits per heavy atom. The van der Waals surface area contributed by atoms with Gasteiger partial charge in [0.25, 0.3) is 0 Å². The van der Waals surface area contributed by atoms with Gasteiger partial charge in [0, 0.05) is 19.6 Å². The lowest BCUT2D eigenvalue weighted by atomic mass is 10.1. The molecule has 16 heavy (non-hydrogen) atoms. The molecular formula is C12H22N2O2. The number of rotatable bonds is 3. The maximum atomic E-state index is 12.2. The van der Waals surface area contributed by atoms with Crippen molar-refractivity contribution in [2.75, 3.05) is 45.9 Å². The molecule has 0 radical (unpaired) electrons. The van der Waals surface area contributed by atoms with Gasteiger partial charge in [-0.15, -0.1) is 0 Å². The Morgan fingerprint density at radius 2 is 2.06 bits per heavy atom. The topological polar surface area (TPSA) is 32.8 Å². The van der Waals surface area contributed by atoms with Gasteiger partial charge in [-0.3, -0.25) is 4.79 Å². The van der Waals surface area contributed by atoms with Crippen molar-refractivity contribution >= 4 is 5.91 Å². The molecule has 0 bridgehead atoms. The molecule has 2 aliphatic rings. The van der Waals surface area contributed by atoms with E-state index in [4.69, 9.17) is 4.74 Å². The number of carbonyl (C=O) groups excluding carboxylic acids is 1. The van der Waals surface area contributed by atoms with E-state index in [1.807, 2.05) is 4.90 Å². The van der Waals surface area contributed by atoms with E-state index in [2.05, 4.69) is 11.8 Å². The van der Waals surface area contributed by atoms with Crippen LogP contribution in [-0.4, -0.2) is 61.6 Å². The first-order valence-electron chi connectivity index (χ1n) is 6.40. The van der Waals surface area contributed by atoms with Gasteiger partial charge in [-0.2, -0.15) is 0 Å². The molecule has 0 spiro atoms. The van der Waals surface area contributed by atoms with Gasteiger partial charge in [-0.1, -0.05) is 6.92 Å². The van der Waals surface area contributed by atoms with Gasteiger partial charge in [-0.05, 0) is 25.9 Å². The Labute approximate surface area is 97.5 Å². The number of ether oxygens (including phenoxy) is 1. The Balaban J connectivity index is 1.81. The van der Waals surface area contributed by atoms with Crippen LogP contribution in [0, 0.1) is 5.92 Å². The van der Waals surface area contributed by atoms with Crippen molar-refractivity contribution in [1.29, 1.82) is 0 Å². The molecule has 1 atom stereocenters. The number of amides is 1. The third-order valence-corrected chi connectivity index (χ3v) is 3.48. The molecule has 4 nitrogen and oxygen atoms in total. The van der Waals surface area contributed by atoms with Crippen molar-refractivity contribution in [3.63, 3.8) is 0 Å². The second-order valence-corrected chi connectivity index (χ2v) is 4.72. The molecule has 1 unspecified atom stereocenters. The molecule has 0 N–H and O–H groups in total. The summed E-state index contributed by atoms with van der Waals surface area (Å²) in [6.45, 7) is 8.35. The van der Waals surface area contributed by atoms with Crippen molar-refractivity contribution in [3.05, 3.63) is 0 Å². The number of likely N-dealkylation sites (tertiary alicyclic amines) is 1. The number of hydrogen-bond donors (Lipinski definition) is 0. The molecule has 0 aromatic heterocycles. The minimum absolute atomic E-state index is 0.240. The maximum absolute atomic E-state index is 12.2. The third-order valence-electron chi connectivity index (χ3n) is 3.48. The van der Waals surface area contributed by atoms with Crippen molar-refractivity contribution < 1.29 is 9.53 Å². The predicted molar refractivity (Wildman–Crippen MR) is 62.2 cm³/mol. The molecule has 2 heterocycles. The van der Waals surface area contributed by atoms with Crippen molar-refractivity contribution in [2.24, 2.45) is 5.92 Å². The van der Waals surface area contributed by atoms with Crippen LogP contribution in [0.15, 0.2) is 0 Å². The maximum Gasteiger partial charge on any atom is 0.227 e. The van der Waals surface area contributed by atoms with Gasteiger partial charge in [0.2, 0.25) is 5.91 Å². The molecule has 0 aromatic carbocycles. The van der Waals surface area contributed by atoms with Gasteiger partial charge in [-0.25, -0.2) is 0 Å². The van der Waals surface area contributed by atoms with E-state index in [-0.39, 0.29) is 5.92 Å². The van der Waals surface area contributed by atoms with Crippen LogP contribution in [0.5, 0.6) is 0 Å². The molecule has 0 saturated carbocycles. The number of carbonyl (C=O) groups is 1. The molecule has 2 saturated heterocycles. The van der Waals surface area contributed by atoms with E-state index in [9.17, 15) is 4.79 Å². The summed E-state index contributed by atoms with van der Waals surface area (Å²) in [5.74, 6) is 0.589. The van der Waals surface area contributed by atoms with Crippen LogP contribution >= 0.6 is 0 Å². The van der Waals surface area contributed by atoms with Gasteiger partial charge in [0.05, 0.1) is 19.1 Å². The minimum atomic E-state index is 0.240. The second-order valence-electron chi connectivity index (χ2n) is 4.72. The largest absolute Gasteiger partial charge is 0.378 e. The van der Waals surface area contributed by atoms with E-state index in [1.165, 1.54) is 6.42 Å². The molecule has 4 heteroatoms. The summed E-state index contributed by atoms with van der Waals surface area (Å²) in [6, 6.07) is 0. The monoisotopic (exact) mass is 226 g/mol. The first kappa shape index (κ1) is 11.9.